The third-order valence-electron chi connectivity index (χ3n) is 2.61. The fourth-order valence-corrected chi connectivity index (χ4v) is 1.68. The lowest BCUT2D eigenvalue weighted by Crippen LogP contribution is -2.10. The van der Waals surface area contributed by atoms with Gasteiger partial charge in [-0.05, 0) is 25.5 Å². The van der Waals surface area contributed by atoms with Crippen molar-refractivity contribution in [2.24, 2.45) is 0 Å². The SMILES string of the molecule is Cc1ccncc1-c1nc(C)c(C(=O)O)c(N)n1. The number of aryl methyl sites for hydroxylation is 2. The molecule has 0 saturated heterocycles. The number of aromatic carboxylic acids is 1. The molecule has 6 nitrogen and oxygen atoms in total. The van der Waals surface area contributed by atoms with Crippen LogP contribution in [0.5, 0.6) is 0 Å². The van der Waals surface area contributed by atoms with Crippen molar-refractivity contribution >= 4 is 11.8 Å². The van der Waals surface area contributed by atoms with E-state index in [9.17, 15) is 4.79 Å². The zero-order valence-electron chi connectivity index (χ0n) is 10.0. The van der Waals surface area contributed by atoms with Crippen molar-refractivity contribution < 1.29 is 9.90 Å². The van der Waals surface area contributed by atoms with E-state index in [1.807, 2.05) is 13.0 Å². The number of hydrogen-bond acceptors (Lipinski definition) is 5. The number of aromatic nitrogens is 3. The highest BCUT2D eigenvalue weighted by atomic mass is 16.4. The van der Waals surface area contributed by atoms with Crippen LogP contribution in [0.3, 0.4) is 0 Å². The molecule has 0 aliphatic carbocycles. The lowest BCUT2D eigenvalue weighted by Gasteiger charge is -2.08. The Morgan fingerprint density at radius 2 is 2.06 bits per heavy atom. The summed E-state index contributed by atoms with van der Waals surface area (Å²) in [5, 5.41) is 8.99. The van der Waals surface area contributed by atoms with Crippen LogP contribution in [0.2, 0.25) is 0 Å². The Kier molecular flexibility index (Phi) is 2.93. The molecule has 3 N–H and O–H groups in total. The first kappa shape index (κ1) is 12.0. The van der Waals surface area contributed by atoms with E-state index in [-0.39, 0.29) is 11.4 Å². The molecule has 0 fully saturated rings. The van der Waals surface area contributed by atoms with E-state index >= 15 is 0 Å². The maximum atomic E-state index is 11.0. The minimum absolute atomic E-state index is 0.0340. The van der Waals surface area contributed by atoms with Gasteiger partial charge in [0.1, 0.15) is 11.4 Å². The normalized spacial score (nSPS) is 10.3. The first-order chi connectivity index (χ1) is 8.50. The summed E-state index contributed by atoms with van der Waals surface area (Å²) in [4.78, 5) is 23.2. The van der Waals surface area contributed by atoms with Gasteiger partial charge in [0.05, 0.1) is 5.69 Å². The van der Waals surface area contributed by atoms with Crippen molar-refractivity contribution in [1.82, 2.24) is 15.0 Å². The molecule has 2 aromatic heterocycles. The number of nitrogens with two attached hydrogens (primary N) is 1. The highest BCUT2D eigenvalue weighted by molar-refractivity contribution is 5.94. The Balaban J connectivity index is 2.62. The zero-order valence-corrected chi connectivity index (χ0v) is 10.0. The van der Waals surface area contributed by atoms with Crippen molar-refractivity contribution in [2.75, 3.05) is 5.73 Å². The molecule has 0 bridgehead atoms. The van der Waals surface area contributed by atoms with Gasteiger partial charge in [-0.1, -0.05) is 0 Å². The van der Waals surface area contributed by atoms with Gasteiger partial charge in [0.25, 0.3) is 0 Å². The average molecular weight is 244 g/mol. The molecule has 0 radical (unpaired) electrons. The predicted octanol–water partition coefficient (Wildman–Crippen LogP) is 1.44. The summed E-state index contributed by atoms with van der Waals surface area (Å²) < 4.78 is 0. The molecular formula is C12H12N4O2. The quantitative estimate of drug-likeness (QED) is 0.828. The van der Waals surface area contributed by atoms with Gasteiger partial charge in [-0.15, -0.1) is 0 Å². The number of nitrogens with zero attached hydrogens (tertiary/aromatic N) is 3. The highest BCUT2D eigenvalue weighted by Crippen LogP contribution is 2.22. The summed E-state index contributed by atoms with van der Waals surface area (Å²) in [6, 6.07) is 1.83. The van der Waals surface area contributed by atoms with Crippen LogP contribution in [0.1, 0.15) is 21.6 Å². The fraction of sp³-hybridized carbons (Fsp3) is 0.167. The van der Waals surface area contributed by atoms with Crippen LogP contribution in [-0.2, 0) is 0 Å². The van der Waals surface area contributed by atoms with Crippen LogP contribution in [-0.4, -0.2) is 26.0 Å². The average Bonchev–Trinajstić information content (AvgIpc) is 2.27. The Hall–Kier alpha value is -2.50. The van der Waals surface area contributed by atoms with Crippen molar-refractivity contribution in [1.29, 1.82) is 0 Å². The van der Waals surface area contributed by atoms with Crippen LogP contribution in [0.25, 0.3) is 11.4 Å². The summed E-state index contributed by atoms with van der Waals surface area (Å²) in [5.74, 6) is -0.770. The van der Waals surface area contributed by atoms with Crippen LogP contribution in [0.4, 0.5) is 5.82 Å². The van der Waals surface area contributed by atoms with Crippen LogP contribution >= 0.6 is 0 Å². The van der Waals surface area contributed by atoms with Gasteiger partial charge in [-0.3, -0.25) is 4.98 Å². The standard InChI is InChI=1S/C12H12N4O2/c1-6-3-4-14-5-8(6)11-15-7(2)9(12(17)18)10(13)16-11/h3-5H,1-2H3,(H,17,18)(H2,13,15,16). The summed E-state index contributed by atoms with van der Waals surface area (Å²) in [5.41, 5.74) is 7.63. The molecule has 0 aliphatic rings. The van der Waals surface area contributed by atoms with Gasteiger partial charge in [0, 0.05) is 18.0 Å². The molecule has 0 saturated carbocycles. The van der Waals surface area contributed by atoms with Crippen molar-refractivity contribution in [3.8, 4) is 11.4 Å². The van der Waals surface area contributed by atoms with Gasteiger partial charge in [0.2, 0.25) is 0 Å². The molecule has 18 heavy (non-hydrogen) atoms. The van der Waals surface area contributed by atoms with Gasteiger partial charge in [-0.25, -0.2) is 14.8 Å². The summed E-state index contributed by atoms with van der Waals surface area (Å²) >= 11 is 0. The first-order valence-corrected chi connectivity index (χ1v) is 5.29. The number of carboxylic acid groups (broad SMARTS) is 1. The van der Waals surface area contributed by atoms with Gasteiger partial charge < -0.3 is 10.8 Å². The fourth-order valence-electron chi connectivity index (χ4n) is 1.68. The maximum absolute atomic E-state index is 11.0. The predicted molar refractivity (Wildman–Crippen MR) is 66.1 cm³/mol. The van der Waals surface area contributed by atoms with E-state index in [2.05, 4.69) is 15.0 Å². The van der Waals surface area contributed by atoms with Gasteiger partial charge in [0.15, 0.2) is 5.82 Å². The number of carbonyl (C=O) groups is 1. The number of carboxylic acids is 1. The third-order valence-corrected chi connectivity index (χ3v) is 2.61. The number of hydrogen-bond donors (Lipinski definition) is 2. The molecule has 0 atom stereocenters. The number of anilines is 1. The molecule has 2 heterocycles. The molecule has 0 aromatic carbocycles. The third kappa shape index (κ3) is 2.00. The Morgan fingerprint density at radius 3 is 2.61 bits per heavy atom. The lowest BCUT2D eigenvalue weighted by atomic mass is 10.1. The highest BCUT2D eigenvalue weighted by Gasteiger charge is 2.17. The molecule has 0 amide bonds. The van der Waals surface area contributed by atoms with Gasteiger partial charge >= 0.3 is 5.97 Å². The molecule has 2 aromatic rings. The number of rotatable bonds is 2. The van der Waals surface area contributed by atoms with E-state index in [0.717, 1.165) is 11.1 Å². The lowest BCUT2D eigenvalue weighted by molar-refractivity contribution is 0.0696. The van der Waals surface area contributed by atoms with E-state index < -0.39 is 5.97 Å². The maximum Gasteiger partial charge on any atom is 0.341 e. The minimum Gasteiger partial charge on any atom is -0.477 e. The second-order valence-corrected chi connectivity index (χ2v) is 3.89. The van der Waals surface area contributed by atoms with E-state index in [0.29, 0.717) is 11.5 Å². The monoisotopic (exact) mass is 244 g/mol. The number of pyridine rings is 1. The van der Waals surface area contributed by atoms with Crippen LogP contribution in [0, 0.1) is 13.8 Å². The van der Waals surface area contributed by atoms with Gasteiger partial charge in [-0.2, -0.15) is 0 Å². The van der Waals surface area contributed by atoms with Crippen molar-refractivity contribution in [2.45, 2.75) is 13.8 Å². The Morgan fingerprint density at radius 1 is 1.33 bits per heavy atom. The summed E-state index contributed by atoms with van der Waals surface area (Å²) in [7, 11) is 0. The summed E-state index contributed by atoms with van der Waals surface area (Å²) in [6.45, 7) is 3.49. The molecular weight excluding hydrogens is 232 g/mol. The first-order valence-electron chi connectivity index (χ1n) is 5.29. The topological polar surface area (TPSA) is 102 Å². The molecule has 0 unspecified atom stereocenters. The Bertz CT molecular complexity index is 602. The zero-order chi connectivity index (χ0) is 13.3. The van der Waals surface area contributed by atoms with E-state index in [1.165, 1.54) is 0 Å². The molecule has 2 rings (SSSR count). The summed E-state index contributed by atoms with van der Waals surface area (Å²) in [6.07, 6.45) is 3.30. The Labute approximate surface area is 104 Å². The van der Waals surface area contributed by atoms with E-state index in [1.54, 1.807) is 19.3 Å². The second-order valence-electron chi connectivity index (χ2n) is 3.89. The smallest absolute Gasteiger partial charge is 0.341 e. The second kappa shape index (κ2) is 4.40. The largest absolute Gasteiger partial charge is 0.477 e. The van der Waals surface area contributed by atoms with Crippen molar-refractivity contribution in [3.63, 3.8) is 0 Å². The van der Waals surface area contributed by atoms with E-state index in [4.69, 9.17) is 10.8 Å². The van der Waals surface area contributed by atoms with Crippen molar-refractivity contribution in [3.05, 3.63) is 35.3 Å². The van der Waals surface area contributed by atoms with Crippen LogP contribution < -0.4 is 5.73 Å². The minimum atomic E-state index is -1.13. The molecule has 6 heteroatoms. The molecule has 0 aliphatic heterocycles. The molecule has 92 valence electrons. The molecule has 0 spiro atoms. The van der Waals surface area contributed by atoms with Crippen LogP contribution in [0.15, 0.2) is 18.5 Å². The number of nitrogen functional groups attached to an aromatic ring is 1.